The molecule has 2 heteroatoms. The van der Waals surface area contributed by atoms with Crippen LogP contribution in [0.3, 0.4) is 0 Å². The van der Waals surface area contributed by atoms with E-state index in [4.69, 9.17) is 0 Å². The van der Waals surface area contributed by atoms with E-state index in [1.54, 1.807) is 0 Å². The number of piperidine rings is 1. The Morgan fingerprint density at radius 3 is 2.89 bits per heavy atom. The molecule has 2 atom stereocenters. The topological polar surface area (TPSA) is 15.3 Å². The van der Waals surface area contributed by atoms with Gasteiger partial charge in [-0.3, -0.25) is 0 Å². The maximum atomic E-state index is 3.44. The van der Waals surface area contributed by atoms with Gasteiger partial charge in [0.2, 0.25) is 0 Å². The number of rotatable bonds is 0. The minimum atomic E-state index is 0.876. The Morgan fingerprint density at radius 2 is 2.44 bits per heavy atom. The van der Waals surface area contributed by atoms with Crippen molar-refractivity contribution in [1.82, 2.24) is 10.2 Å². The Bertz CT molecular complexity index is 113. The fourth-order valence-corrected chi connectivity index (χ4v) is 1.83. The van der Waals surface area contributed by atoms with Crippen LogP contribution in [0, 0.1) is 5.92 Å². The molecule has 52 valence electrons. The lowest BCUT2D eigenvalue weighted by Crippen LogP contribution is -2.60. The average Bonchev–Trinajstić information content (AvgIpc) is 1.78. The van der Waals surface area contributed by atoms with Crippen molar-refractivity contribution >= 4 is 0 Å². The Hall–Kier alpha value is -0.0800. The molecule has 0 unspecified atom stereocenters. The smallest absolute Gasteiger partial charge is 0.0132 e. The summed E-state index contributed by atoms with van der Waals surface area (Å²) in [5.74, 6) is 0.976. The Labute approximate surface area is 56.2 Å². The first kappa shape index (κ1) is 5.69. The lowest BCUT2D eigenvalue weighted by Gasteiger charge is -2.45. The zero-order chi connectivity index (χ0) is 6.27. The summed E-state index contributed by atoms with van der Waals surface area (Å²) in [5, 5.41) is 3.44. The van der Waals surface area contributed by atoms with E-state index >= 15 is 0 Å². The van der Waals surface area contributed by atoms with Crippen molar-refractivity contribution in [1.29, 1.82) is 0 Å². The van der Waals surface area contributed by atoms with Crippen LogP contribution < -0.4 is 5.32 Å². The second-order valence-corrected chi connectivity index (χ2v) is 3.33. The second kappa shape index (κ2) is 1.96. The first-order valence-electron chi connectivity index (χ1n) is 3.78. The fourth-order valence-electron chi connectivity index (χ4n) is 1.83. The summed E-state index contributed by atoms with van der Waals surface area (Å²) in [4.78, 5) is 2.43. The number of hydrogen-bond donors (Lipinski definition) is 1. The third-order valence-electron chi connectivity index (χ3n) is 2.58. The molecule has 0 aromatic carbocycles. The average molecular weight is 126 g/mol. The molecule has 2 nitrogen and oxygen atoms in total. The molecule has 2 aliphatic rings. The monoisotopic (exact) mass is 126 g/mol. The van der Waals surface area contributed by atoms with E-state index in [2.05, 4.69) is 17.3 Å². The van der Waals surface area contributed by atoms with E-state index < -0.39 is 0 Å². The lowest BCUT2D eigenvalue weighted by molar-refractivity contribution is 0.101. The van der Waals surface area contributed by atoms with Crippen LogP contribution in [0.4, 0.5) is 0 Å². The van der Waals surface area contributed by atoms with E-state index in [0.29, 0.717) is 0 Å². The molecular weight excluding hydrogens is 112 g/mol. The minimum absolute atomic E-state index is 0.876. The summed E-state index contributed by atoms with van der Waals surface area (Å²) in [6, 6.07) is 0.876. The van der Waals surface area contributed by atoms with Gasteiger partial charge in [-0.1, -0.05) is 0 Å². The molecule has 0 saturated carbocycles. The summed E-state index contributed by atoms with van der Waals surface area (Å²) in [5.41, 5.74) is 0. The minimum Gasteiger partial charge on any atom is -0.313 e. The SMILES string of the molecule is CN1CC[C@@H]2NC[C@@H]2C1. The molecule has 2 fully saturated rings. The molecule has 2 heterocycles. The molecule has 2 aliphatic heterocycles. The van der Waals surface area contributed by atoms with Crippen molar-refractivity contribution in [3.63, 3.8) is 0 Å². The van der Waals surface area contributed by atoms with Crippen LogP contribution in [0.1, 0.15) is 6.42 Å². The van der Waals surface area contributed by atoms with Gasteiger partial charge >= 0.3 is 0 Å². The molecular formula is C7H14N2. The van der Waals surface area contributed by atoms with Crippen LogP contribution in [0.25, 0.3) is 0 Å². The van der Waals surface area contributed by atoms with Gasteiger partial charge < -0.3 is 10.2 Å². The molecule has 0 aliphatic carbocycles. The predicted molar refractivity (Wildman–Crippen MR) is 37.4 cm³/mol. The number of likely N-dealkylation sites (tertiary alicyclic amines) is 1. The molecule has 2 rings (SSSR count). The van der Waals surface area contributed by atoms with E-state index in [1.165, 1.54) is 26.1 Å². The molecule has 0 amide bonds. The van der Waals surface area contributed by atoms with Crippen LogP contribution in [-0.2, 0) is 0 Å². The van der Waals surface area contributed by atoms with Gasteiger partial charge in [-0.25, -0.2) is 0 Å². The van der Waals surface area contributed by atoms with Gasteiger partial charge in [0.15, 0.2) is 0 Å². The van der Waals surface area contributed by atoms with Crippen molar-refractivity contribution < 1.29 is 0 Å². The number of fused-ring (bicyclic) bond motifs is 1. The van der Waals surface area contributed by atoms with Gasteiger partial charge in [0.05, 0.1) is 0 Å². The molecule has 9 heavy (non-hydrogen) atoms. The van der Waals surface area contributed by atoms with E-state index in [9.17, 15) is 0 Å². The van der Waals surface area contributed by atoms with Crippen molar-refractivity contribution in [2.45, 2.75) is 12.5 Å². The fraction of sp³-hybridized carbons (Fsp3) is 1.00. The molecule has 0 bridgehead atoms. The third kappa shape index (κ3) is 0.864. The zero-order valence-electron chi connectivity index (χ0n) is 5.93. The first-order chi connectivity index (χ1) is 4.36. The predicted octanol–water partition coefficient (Wildman–Crippen LogP) is -0.0901. The molecule has 0 aromatic heterocycles. The Balaban J connectivity index is 1.92. The Morgan fingerprint density at radius 1 is 1.56 bits per heavy atom. The maximum Gasteiger partial charge on any atom is 0.0132 e. The molecule has 0 aromatic rings. The highest BCUT2D eigenvalue weighted by molar-refractivity contribution is 4.93. The summed E-state index contributed by atoms with van der Waals surface area (Å²) in [6.45, 7) is 3.86. The lowest BCUT2D eigenvalue weighted by atomic mass is 9.86. The van der Waals surface area contributed by atoms with Gasteiger partial charge in [0.25, 0.3) is 0 Å². The van der Waals surface area contributed by atoms with Crippen LogP contribution in [0.5, 0.6) is 0 Å². The van der Waals surface area contributed by atoms with Crippen LogP contribution in [0.2, 0.25) is 0 Å². The first-order valence-corrected chi connectivity index (χ1v) is 3.78. The van der Waals surface area contributed by atoms with Crippen LogP contribution in [0.15, 0.2) is 0 Å². The molecule has 0 radical (unpaired) electrons. The number of nitrogens with one attached hydrogen (secondary N) is 1. The zero-order valence-corrected chi connectivity index (χ0v) is 5.93. The van der Waals surface area contributed by atoms with Gasteiger partial charge in [-0.05, 0) is 25.9 Å². The van der Waals surface area contributed by atoms with E-state index in [0.717, 1.165) is 12.0 Å². The largest absolute Gasteiger partial charge is 0.313 e. The van der Waals surface area contributed by atoms with E-state index in [1.807, 2.05) is 0 Å². The van der Waals surface area contributed by atoms with E-state index in [-0.39, 0.29) is 0 Å². The summed E-state index contributed by atoms with van der Waals surface area (Å²) < 4.78 is 0. The number of hydrogen-bond acceptors (Lipinski definition) is 2. The van der Waals surface area contributed by atoms with Gasteiger partial charge in [-0.15, -0.1) is 0 Å². The molecule has 0 spiro atoms. The van der Waals surface area contributed by atoms with Crippen molar-refractivity contribution in [2.75, 3.05) is 26.7 Å². The second-order valence-electron chi connectivity index (χ2n) is 3.33. The highest BCUT2D eigenvalue weighted by Gasteiger charge is 2.33. The normalized spacial score (nSPS) is 43.7. The van der Waals surface area contributed by atoms with Gasteiger partial charge in [-0.2, -0.15) is 0 Å². The quantitative estimate of drug-likeness (QED) is 0.488. The standard InChI is InChI=1S/C7H14N2/c1-9-3-2-7-6(5-9)4-8-7/h6-8H,2-5H2,1H3/t6-,7+/m1/s1. The molecule has 2 saturated heterocycles. The van der Waals surface area contributed by atoms with Crippen molar-refractivity contribution in [3.8, 4) is 0 Å². The van der Waals surface area contributed by atoms with Gasteiger partial charge in [0, 0.05) is 19.1 Å². The van der Waals surface area contributed by atoms with Crippen LogP contribution in [-0.4, -0.2) is 37.6 Å². The van der Waals surface area contributed by atoms with Crippen molar-refractivity contribution in [3.05, 3.63) is 0 Å². The van der Waals surface area contributed by atoms with Crippen molar-refractivity contribution in [2.24, 2.45) is 5.92 Å². The van der Waals surface area contributed by atoms with Gasteiger partial charge in [0.1, 0.15) is 0 Å². The maximum absolute atomic E-state index is 3.44. The summed E-state index contributed by atoms with van der Waals surface area (Å²) >= 11 is 0. The Kier molecular flexibility index (Phi) is 1.24. The highest BCUT2D eigenvalue weighted by atomic mass is 15.2. The van der Waals surface area contributed by atoms with Crippen LogP contribution >= 0.6 is 0 Å². The highest BCUT2D eigenvalue weighted by Crippen LogP contribution is 2.21. The number of nitrogens with zero attached hydrogens (tertiary/aromatic N) is 1. The summed E-state index contributed by atoms with van der Waals surface area (Å²) in [7, 11) is 2.22. The third-order valence-corrected chi connectivity index (χ3v) is 2.58. The molecule has 1 N–H and O–H groups in total. The summed E-state index contributed by atoms with van der Waals surface area (Å²) in [6.07, 6.45) is 1.36.